The number of carbonyl (C=O) groups excluding carboxylic acids is 1. The first kappa shape index (κ1) is 23.0. The van der Waals surface area contributed by atoms with Crippen molar-refractivity contribution in [3.8, 4) is 5.75 Å². The lowest BCUT2D eigenvalue weighted by molar-refractivity contribution is -0.137. The summed E-state index contributed by atoms with van der Waals surface area (Å²) in [6, 6.07) is 10.8. The summed E-state index contributed by atoms with van der Waals surface area (Å²) in [6.07, 6.45) is -4.58. The minimum atomic E-state index is -4.58. The normalized spacial score (nSPS) is 16.1. The van der Waals surface area contributed by atoms with Crippen LogP contribution in [0.4, 0.5) is 18.9 Å². The third-order valence-electron chi connectivity index (χ3n) is 4.90. The van der Waals surface area contributed by atoms with Gasteiger partial charge in [0.1, 0.15) is 5.75 Å². The van der Waals surface area contributed by atoms with Crippen LogP contribution in [0.1, 0.15) is 5.56 Å². The second kappa shape index (κ2) is 9.25. The molecular weight excluding hydrogens is 435 g/mol. The molecule has 31 heavy (non-hydrogen) atoms. The molecule has 3 rings (SSSR count). The Labute approximate surface area is 178 Å². The van der Waals surface area contributed by atoms with Crippen LogP contribution in [0.3, 0.4) is 0 Å². The van der Waals surface area contributed by atoms with Gasteiger partial charge in [-0.25, -0.2) is 8.42 Å². The number of rotatable bonds is 6. The topological polar surface area (TPSA) is 79.0 Å². The van der Waals surface area contributed by atoms with Gasteiger partial charge in [-0.05, 0) is 36.4 Å². The van der Waals surface area contributed by atoms with E-state index in [1.165, 1.54) is 41.7 Å². The number of sulfonamides is 1. The smallest absolute Gasteiger partial charge is 0.418 e. The Kier molecular flexibility index (Phi) is 6.87. The Morgan fingerprint density at radius 2 is 1.65 bits per heavy atom. The van der Waals surface area contributed by atoms with Crippen molar-refractivity contribution in [1.82, 2.24) is 9.21 Å². The van der Waals surface area contributed by atoms with Gasteiger partial charge in [-0.3, -0.25) is 9.69 Å². The van der Waals surface area contributed by atoms with Gasteiger partial charge in [0.15, 0.2) is 0 Å². The number of piperazine rings is 1. The van der Waals surface area contributed by atoms with Gasteiger partial charge in [0, 0.05) is 26.2 Å². The molecule has 2 aromatic carbocycles. The summed E-state index contributed by atoms with van der Waals surface area (Å²) < 4.78 is 71.1. The van der Waals surface area contributed by atoms with E-state index in [1.807, 2.05) is 0 Å². The number of hydrogen-bond donors (Lipinski definition) is 1. The Morgan fingerprint density at radius 3 is 2.23 bits per heavy atom. The minimum Gasteiger partial charge on any atom is -0.497 e. The standard InChI is InChI=1S/C20H22F3N3O4S/c1-30-15-6-8-16(9-7-15)31(28,29)26-12-10-25(11-13-26)14-19(27)24-18-5-3-2-4-17(18)20(21,22)23/h2-9H,10-14H2,1H3,(H,24,27). The molecule has 0 bridgehead atoms. The van der Waals surface area contributed by atoms with Crippen LogP contribution < -0.4 is 10.1 Å². The van der Waals surface area contributed by atoms with Crippen molar-refractivity contribution in [2.45, 2.75) is 11.1 Å². The Balaban J connectivity index is 1.57. The first-order valence-electron chi connectivity index (χ1n) is 9.44. The summed E-state index contributed by atoms with van der Waals surface area (Å²) in [5.74, 6) is -0.0509. The molecule has 0 spiro atoms. The molecule has 1 N–H and O–H groups in total. The van der Waals surface area contributed by atoms with Crippen LogP contribution in [0.15, 0.2) is 53.4 Å². The van der Waals surface area contributed by atoms with Crippen molar-refractivity contribution >= 4 is 21.6 Å². The fourth-order valence-corrected chi connectivity index (χ4v) is 4.68. The van der Waals surface area contributed by atoms with E-state index in [-0.39, 0.29) is 43.3 Å². The number of nitrogens with one attached hydrogen (secondary N) is 1. The molecule has 1 amide bonds. The van der Waals surface area contributed by atoms with Crippen molar-refractivity contribution in [2.75, 3.05) is 45.2 Å². The van der Waals surface area contributed by atoms with E-state index >= 15 is 0 Å². The number of alkyl halides is 3. The molecule has 2 aromatic rings. The largest absolute Gasteiger partial charge is 0.497 e. The lowest BCUT2D eigenvalue weighted by atomic mass is 10.1. The van der Waals surface area contributed by atoms with Crippen molar-refractivity contribution in [3.63, 3.8) is 0 Å². The van der Waals surface area contributed by atoms with Crippen LogP contribution in [0.5, 0.6) is 5.75 Å². The fraction of sp³-hybridized carbons (Fsp3) is 0.350. The van der Waals surface area contributed by atoms with Gasteiger partial charge in [-0.1, -0.05) is 12.1 Å². The summed E-state index contributed by atoms with van der Waals surface area (Å²) in [5, 5.41) is 2.30. The van der Waals surface area contributed by atoms with E-state index in [0.717, 1.165) is 6.07 Å². The molecule has 0 radical (unpaired) electrons. The number of nitrogens with zero attached hydrogens (tertiary/aromatic N) is 2. The lowest BCUT2D eigenvalue weighted by Gasteiger charge is -2.33. The fourth-order valence-electron chi connectivity index (χ4n) is 3.26. The Hall–Kier alpha value is -2.63. The van der Waals surface area contributed by atoms with Crippen LogP contribution in [0.2, 0.25) is 0 Å². The zero-order valence-corrected chi connectivity index (χ0v) is 17.5. The minimum absolute atomic E-state index is 0.136. The average Bonchev–Trinajstić information content (AvgIpc) is 2.73. The first-order valence-corrected chi connectivity index (χ1v) is 10.9. The summed E-state index contributed by atoms with van der Waals surface area (Å²) in [7, 11) is -2.20. The van der Waals surface area contributed by atoms with E-state index in [2.05, 4.69) is 5.32 Å². The van der Waals surface area contributed by atoms with E-state index in [1.54, 1.807) is 17.0 Å². The number of benzene rings is 2. The molecule has 1 aliphatic heterocycles. The summed E-state index contributed by atoms with van der Waals surface area (Å²) in [6.45, 7) is 0.762. The SMILES string of the molecule is COc1ccc(S(=O)(=O)N2CCN(CC(=O)Nc3ccccc3C(F)(F)F)CC2)cc1. The highest BCUT2D eigenvalue weighted by Crippen LogP contribution is 2.34. The second-order valence-electron chi connectivity index (χ2n) is 6.95. The van der Waals surface area contributed by atoms with Gasteiger partial charge in [0.05, 0.1) is 29.8 Å². The maximum atomic E-state index is 13.1. The summed E-state index contributed by atoms with van der Waals surface area (Å²) in [4.78, 5) is 14.1. The predicted molar refractivity (Wildman–Crippen MR) is 108 cm³/mol. The van der Waals surface area contributed by atoms with Crippen LogP contribution in [-0.2, 0) is 21.0 Å². The number of methoxy groups -OCH3 is 1. The quantitative estimate of drug-likeness (QED) is 0.722. The van der Waals surface area contributed by atoms with E-state index in [0.29, 0.717) is 5.75 Å². The number of ether oxygens (including phenoxy) is 1. The lowest BCUT2D eigenvalue weighted by Crippen LogP contribution is -2.50. The van der Waals surface area contributed by atoms with Gasteiger partial charge in [0.25, 0.3) is 0 Å². The maximum absolute atomic E-state index is 13.1. The molecule has 0 aromatic heterocycles. The van der Waals surface area contributed by atoms with Gasteiger partial charge in [0.2, 0.25) is 15.9 Å². The number of amides is 1. The molecule has 1 saturated heterocycles. The molecule has 11 heteroatoms. The zero-order chi connectivity index (χ0) is 22.6. The highest BCUT2D eigenvalue weighted by Gasteiger charge is 2.34. The monoisotopic (exact) mass is 457 g/mol. The van der Waals surface area contributed by atoms with E-state index < -0.39 is 27.7 Å². The second-order valence-corrected chi connectivity index (χ2v) is 8.89. The van der Waals surface area contributed by atoms with Crippen LogP contribution in [0.25, 0.3) is 0 Å². The number of carbonyl (C=O) groups is 1. The summed E-state index contributed by atoms with van der Waals surface area (Å²) in [5.41, 5.74) is -1.22. The molecule has 0 atom stereocenters. The predicted octanol–water partition coefficient (Wildman–Crippen LogP) is 2.66. The van der Waals surface area contributed by atoms with Gasteiger partial charge < -0.3 is 10.1 Å². The van der Waals surface area contributed by atoms with Crippen molar-refractivity contribution < 1.29 is 31.1 Å². The first-order chi connectivity index (χ1) is 14.6. The number of halogens is 3. The molecule has 1 heterocycles. The molecule has 0 unspecified atom stereocenters. The zero-order valence-electron chi connectivity index (χ0n) is 16.7. The maximum Gasteiger partial charge on any atom is 0.418 e. The van der Waals surface area contributed by atoms with E-state index in [9.17, 15) is 26.4 Å². The van der Waals surface area contributed by atoms with Gasteiger partial charge in [-0.2, -0.15) is 17.5 Å². The average molecular weight is 457 g/mol. The van der Waals surface area contributed by atoms with Crippen LogP contribution in [-0.4, -0.2) is 63.4 Å². The van der Waals surface area contributed by atoms with E-state index in [4.69, 9.17) is 4.74 Å². The highest BCUT2D eigenvalue weighted by molar-refractivity contribution is 7.89. The molecule has 1 aliphatic rings. The molecule has 168 valence electrons. The number of anilines is 1. The van der Waals surface area contributed by atoms with Crippen molar-refractivity contribution in [3.05, 3.63) is 54.1 Å². The number of para-hydroxylation sites is 1. The third-order valence-corrected chi connectivity index (χ3v) is 6.82. The van der Waals surface area contributed by atoms with Gasteiger partial charge in [-0.15, -0.1) is 0 Å². The molecule has 7 nitrogen and oxygen atoms in total. The summed E-state index contributed by atoms with van der Waals surface area (Å²) >= 11 is 0. The molecular formula is C20H22F3N3O4S. The third kappa shape index (κ3) is 5.54. The highest BCUT2D eigenvalue weighted by atomic mass is 32.2. The van der Waals surface area contributed by atoms with Crippen molar-refractivity contribution in [1.29, 1.82) is 0 Å². The Bertz CT molecular complexity index is 1020. The van der Waals surface area contributed by atoms with Crippen LogP contribution >= 0.6 is 0 Å². The van der Waals surface area contributed by atoms with Crippen molar-refractivity contribution in [2.24, 2.45) is 0 Å². The Morgan fingerprint density at radius 1 is 1.03 bits per heavy atom. The van der Waals surface area contributed by atoms with Crippen LogP contribution in [0, 0.1) is 0 Å². The molecule has 0 saturated carbocycles. The van der Waals surface area contributed by atoms with Gasteiger partial charge >= 0.3 is 6.18 Å². The molecule has 1 fully saturated rings. The number of hydrogen-bond acceptors (Lipinski definition) is 5. The molecule has 0 aliphatic carbocycles.